The molecule has 1 aliphatic heterocycles. The average Bonchev–Trinajstić information content (AvgIpc) is 3.11. The lowest BCUT2D eigenvalue weighted by Gasteiger charge is -2.24. The molecule has 2 aliphatic rings. The molecule has 1 aromatic rings. The summed E-state index contributed by atoms with van der Waals surface area (Å²) in [5, 5.41) is 13.5. The van der Waals surface area contributed by atoms with Crippen molar-refractivity contribution in [2.75, 3.05) is 18.0 Å². The quantitative estimate of drug-likeness (QED) is 0.873. The second-order valence-electron chi connectivity index (χ2n) is 6.07. The van der Waals surface area contributed by atoms with Gasteiger partial charge in [0.1, 0.15) is 5.82 Å². The highest BCUT2D eigenvalue weighted by molar-refractivity contribution is 5.56. The molecule has 1 atom stereocenters. The molecular formula is C15H21FN2O. The van der Waals surface area contributed by atoms with Crippen LogP contribution in [0.2, 0.25) is 0 Å². The van der Waals surface area contributed by atoms with E-state index < -0.39 is 5.60 Å². The molecule has 2 N–H and O–H groups in total. The van der Waals surface area contributed by atoms with Crippen molar-refractivity contribution >= 4 is 5.69 Å². The molecule has 1 aliphatic carbocycles. The number of β-amino-alcohol motifs (C(OH)–C–C–N with tert-alkyl or cyclic N) is 1. The lowest BCUT2D eigenvalue weighted by Crippen LogP contribution is -2.31. The zero-order valence-electron chi connectivity index (χ0n) is 11.3. The summed E-state index contributed by atoms with van der Waals surface area (Å²) >= 11 is 0. The molecule has 1 unspecified atom stereocenters. The average molecular weight is 264 g/mol. The molecular weight excluding hydrogens is 243 g/mol. The SMILES string of the molecule is CC1(O)CCN(c2c(F)cccc2CNC2CC2)C1. The van der Waals surface area contributed by atoms with Crippen LogP contribution in [-0.4, -0.2) is 29.8 Å². The lowest BCUT2D eigenvalue weighted by molar-refractivity contribution is 0.0839. The van der Waals surface area contributed by atoms with Gasteiger partial charge in [-0.05, 0) is 37.8 Å². The van der Waals surface area contributed by atoms with E-state index in [1.165, 1.54) is 18.9 Å². The highest BCUT2D eigenvalue weighted by atomic mass is 19.1. The van der Waals surface area contributed by atoms with Crippen LogP contribution in [0.25, 0.3) is 0 Å². The summed E-state index contributed by atoms with van der Waals surface area (Å²) in [6.45, 7) is 3.74. The van der Waals surface area contributed by atoms with Crippen LogP contribution in [0, 0.1) is 5.82 Å². The Morgan fingerprint density at radius 3 is 2.89 bits per heavy atom. The van der Waals surface area contributed by atoms with Crippen molar-refractivity contribution in [2.24, 2.45) is 0 Å². The molecule has 1 aromatic carbocycles. The molecule has 1 saturated heterocycles. The van der Waals surface area contributed by atoms with Gasteiger partial charge in [-0.3, -0.25) is 0 Å². The molecule has 1 heterocycles. The minimum Gasteiger partial charge on any atom is -0.388 e. The van der Waals surface area contributed by atoms with E-state index in [1.807, 2.05) is 17.9 Å². The van der Waals surface area contributed by atoms with Gasteiger partial charge in [-0.1, -0.05) is 12.1 Å². The zero-order chi connectivity index (χ0) is 13.5. The maximum atomic E-state index is 14.1. The van der Waals surface area contributed by atoms with Crippen LogP contribution in [0.15, 0.2) is 18.2 Å². The summed E-state index contributed by atoms with van der Waals surface area (Å²) in [7, 11) is 0. The fourth-order valence-electron chi connectivity index (χ4n) is 2.73. The number of benzene rings is 1. The second-order valence-corrected chi connectivity index (χ2v) is 6.07. The first kappa shape index (κ1) is 12.9. The maximum Gasteiger partial charge on any atom is 0.146 e. The summed E-state index contributed by atoms with van der Waals surface area (Å²) in [5.74, 6) is -0.187. The largest absolute Gasteiger partial charge is 0.388 e. The highest BCUT2D eigenvalue weighted by Crippen LogP contribution is 2.32. The molecule has 0 bridgehead atoms. The van der Waals surface area contributed by atoms with E-state index in [9.17, 15) is 9.50 Å². The van der Waals surface area contributed by atoms with Crippen molar-refractivity contribution in [2.45, 2.75) is 44.4 Å². The molecule has 3 nitrogen and oxygen atoms in total. The Balaban J connectivity index is 1.81. The standard InChI is InChI=1S/C15H21FN2O/c1-15(19)7-8-18(10-15)14-11(3-2-4-13(14)16)9-17-12-5-6-12/h2-4,12,17,19H,5-10H2,1H3. The van der Waals surface area contributed by atoms with Gasteiger partial charge in [0.2, 0.25) is 0 Å². The first-order valence-corrected chi connectivity index (χ1v) is 7.03. The molecule has 104 valence electrons. The fraction of sp³-hybridized carbons (Fsp3) is 0.600. The van der Waals surface area contributed by atoms with Crippen molar-refractivity contribution in [3.05, 3.63) is 29.6 Å². The van der Waals surface area contributed by atoms with Gasteiger partial charge in [0, 0.05) is 25.7 Å². The molecule has 0 aromatic heterocycles. The molecule has 0 amide bonds. The van der Waals surface area contributed by atoms with Crippen LogP contribution in [0.5, 0.6) is 0 Å². The monoisotopic (exact) mass is 264 g/mol. The van der Waals surface area contributed by atoms with Crippen LogP contribution in [0.1, 0.15) is 31.7 Å². The lowest BCUT2D eigenvalue weighted by atomic mass is 10.1. The van der Waals surface area contributed by atoms with Gasteiger partial charge >= 0.3 is 0 Å². The second kappa shape index (κ2) is 4.76. The van der Waals surface area contributed by atoms with Gasteiger partial charge in [-0.15, -0.1) is 0 Å². The van der Waals surface area contributed by atoms with Crippen molar-refractivity contribution in [3.8, 4) is 0 Å². The van der Waals surface area contributed by atoms with E-state index in [-0.39, 0.29) is 5.82 Å². The number of rotatable bonds is 4. The van der Waals surface area contributed by atoms with E-state index in [0.717, 1.165) is 5.56 Å². The van der Waals surface area contributed by atoms with E-state index in [1.54, 1.807) is 6.07 Å². The van der Waals surface area contributed by atoms with Crippen molar-refractivity contribution in [1.29, 1.82) is 0 Å². The number of hydrogen-bond donors (Lipinski definition) is 2. The Morgan fingerprint density at radius 1 is 1.47 bits per heavy atom. The Bertz CT molecular complexity index is 471. The number of hydrogen-bond acceptors (Lipinski definition) is 3. The Kier molecular flexibility index (Phi) is 3.23. The molecule has 0 radical (unpaired) electrons. The van der Waals surface area contributed by atoms with Crippen molar-refractivity contribution in [3.63, 3.8) is 0 Å². The van der Waals surface area contributed by atoms with Crippen LogP contribution >= 0.6 is 0 Å². The molecule has 3 rings (SSSR count). The van der Waals surface area contributed by atoms with Gasteiger partial charge in [-0.25, -0.2) is 4.39 Å². The molecule has 0 spiro atoms. The normalized spacial score (nSPS) is 27.0. The first-order chi connectivity index (χ1) is 9.05. The highest BCUT2D eigenvalue weighted by Gasteiger charge is 2.33. The predicted molar refractivity (Wildman–Crippen MR) is 73.7 cm³/mol. The minimum atomic E-state index is -0.705. The van der Waals surface area contributed by atoms with Gasteiger partial charge in [0.15, 0.2) is 0 Å². The number of para-hydroxylation sites is 1. The fourth-order valence-corrected chi connectivity index (χ4v) is 2.73. The van der Waals surface area contributed by atoms with E-state index in [0.29, 0.717) is 37.8 Å². The van der Waals surface area contributed by atoms with E-state index in [2.05, 4.69) is 5.32 Å². The third-order valence-corrected chi connectivity index (χ3v) is 4.00. The maximum absolute atomic E-state index is 14.1. The van der Waals surface area contributed by atoms with Crippen molar-refractivity contribution in [1.82, 2.24) is 5.32 Å². The number of aliphatic hydroxyl groups is 1. The Labute approximate surface area is 113 Å². The molecule has 4 heteroatoms. The van der Waals surface area contributed by atoms with Gasteiger partial charge in [0.25, 0.3) is 0 Å². The molecule has 2 fully saturated rings. The van der Waals surface area contributed by atoms with E-state index in [4.69, 9.17) is 0 Å². The molecule has 1 saturated carbocycles. The van der Waals surface area contributed by atoms with Gasteiger partial charge < -0.3 is 15.3 Å². The van der Waals surface area contributed by atoms with Crippen LogP contribution in [-0.2, 0) is 6.54 Å². The van der Waals surface area contributed by atoms with Crippen LogP contribution in [0.3, 0.4) is 0 Å². The predicted octanol–water partition coefficient (Wildman–Crippen LogP) is 2.04. The third kappa shape index (κ3) is 2.90. The Hall–Kier alpha value is -1.13. The summed E-state index contributed by atoms with van der Waals surface area (Å²) in [4.78, 5) is 1.97. The van der Waals surface area contributed by atoms with Gasteiger partial charge in [0.05, 0.1) is 11.3 Å². The molecule has 19 heavy (non-hydrogen) atoms. The summed E-state index contributed by atoms with van der Waals surface area (Å²) in [5.41, 5.74) is 0.946. The summed E-state index contributed by atoms with van der Waals surface area (Å²) < 4.78 is 14.1. The first-order valence-electron chi connectivity index (χ1n) is 7.03. The number of nitrogens with zero attached hydrogens (tertiary/aromatic N) is 1. The topological polar surface area (TPSA) is 35.5 Å². The minimum absolute atomic E-state index is 0.187. The summed E-state index contributed by atoms with van der Waals surface area (Å²) in [6.07, 6.45) is 3.14. The zero-order valence-corrected chi connectivity index (χ0v) is 11.3. The smallest absolute Gasteiger partial charge is 0.146 e. The van der Waals surface area contributed by atoms with Crippen LogP contribution in [0.4, 0.5) is 10.1 Å². The van der Waals surface area contributed by atoms with E-state index >= 15 is 0 Å². The third-order valence-electron chi connectivity index (χ3n) is 4.00. The Morgan fingerprint density at radius 2 is 2.26 bits per heavy atom. The number of halogens is 1. The van der Waals surface area contributed by atoms with Crippen LogP contribution < -0.4 is 10.2 Å². The summed E-state index contributed by atoms with van der Waals surface area (Å²) in [6, 6.07) is 5.85. The number of anilines is 1. The van der Waals surface area contributed by atoms with Gasteiger partial charge in [-0.2, -0.15) is 0 Å². The van der Waals surface area contributed by atoms with Crippen molar-refractivity contribution < 1.29 is 9.50 Å². The number of nitrogens with one attached hydrogen (secondary N) is 1.